The molecule has 2 aromatic rings. The predicted octanol–water partition coefficient (Wildman–Crippen LogP) is 3.46. The third-order valence-electron chi connectivity index (χ3n) is 2.93. The topological polar surface area (TPSA) is 59.4 Å². The molecule has 2 rings (SSSR count). The van der Waals surface area contributed by atoms with Crippen LogP contribution in [0.5, 0.6) is 5.75 Å². The maximum atomic E-state index is 11.4. The largest absolute Gasteiger partial charge is 0.494 e. The average Bonchev–Trinajstić information content (AvgIpc) is 2.37. The number of carbonyl (C=O) groups is 1. The Labute approximate surface area is 112 Å². The zero-order valence-corrected chi connectivity index (χ0v) is 11.3. The zero-order chi connectivity index (χ0) is 14.0. The number of carboxylic acids is 1. The molecule has 1 heterocycles. The Balaban J connectivity index is 2.68. The summed E-state index contributed by atoms with van der Waals surface area (Å²) in [7, 11) is 0. The van der Waals surface area contributed by atoms with E-state index in [0.29, 0.717) is 23.3 Å². The van der Waals surface area contributed by atoms with Crippen LogP contribution < -0.4 is 4.74 Å². The molecule has 0 amide bonds. The fourth-order valence-corrected chi connectivity index (χ4v) is 1.95. The van der Waals surface area contributed by atoms with Gasteiger partial charge in [-0.3, -0.25) is 4.98 Å². The molecule has 4 nitrogen and oxygen atoms in total. The summed E-state index contributed by atoms with van der Waals surface area (Å²) in [4.78, 5) is 15.9. The van der Waals surface area contributed by atoms with Crippen LogP contribution in [0.2, 0.25) is 0 Å². The van der Waals surface area contributed by atoms with Crippen molar-refractivity contribution < 1.29 is 14.6 Å². The Morgan fingerprint density at radius 1 is 1.37 bits per heavy atom. The Kier molecular flexibility index (Phi) is 3.69. The van der Waals surface area contributed by atoms with Crippen LogP contribution in [0.15, 0.2) is 24.3 Å². The van der Waals surface area contributed by atoms with Crippen LogP contribution in [0.4, 0.5) is 0 Å². The van der Waals surface area contributed by atoms with Gasteiger partial charge in [-0.05, 0) is 37.1 Å². The SMILES string of the molecule is CCOc1ccc2nc(C(C)C)cc(C(=O)O)c2c1. The van der Waals surface area contributed by atoms with Crippen molar-refractivity contribution in [3.8, 4) is 5.75 Å². The zero-order valence-electron chi connectivity index (χ0n) is 11.3. The van der Waals surface area contributed by atoms with Crippen LogP contribution >= 0.6 is 0 Å². The summed E-state index contributed by atoms with van der Waals surface area (Å²) in [6.45, 7) is 6.43. The van der Waals surface area contributed by atoms with Crippen molar-refractivity contribution in [2.45, 2.75) is 26.7 Å². The fourth-order valence-electron chi connectivity index (χ4n) is 1.95. The number of nitrogens with zero attached hydrogens (tertiary/aromatic N) is 1. The number of rotatable bonds is 4. The van der Waals surface area contributed by atoms with Gasteiger partial charge in [0, 0.05) is 11.1 Å². The molecule has 0 aliphatic carbocycles. The number of hydrogen-bond donors (Lipinski definition) is 1. The van der Waals surface area contributed by atoms with Gasteiger partial charge >= 0.3 is 5.97 Å². The van der Waals surface area contributed by atoms with Crippen LogP contribution in [0.25, 0.3) is 10.9 Å². The highest BCUT2D eigenvalue weighted by Crippen LogP contribution is 2.26. The summed E-state index contributed by atoms with van der Waals surface area (Å²) in [5.74, 6) is -0.0892. The highest BCUT2D eigenvalue weighted by Gasteiger charge is 2.14. The molecule has 0 saturated heterocycles. The number of fused-ring (bicyclic) bond motifs is 1. The number of pyridine rings is 1. The summed E-state index contributed by atoms with van der Waals surface area (Å²) in [6, 6.07) is 7.00. The summed E-state index contributed by atoms with van der Waals surface area (Å²) >= 11 is 0. The number of aromatic carboxylic acids is 1. The van der Waals surface area contributed by atoms with Gasteiger partial charge in [-0.25, -0.2) is 4.79 Å². The molecule has 1 N–H and O–H groups in total. The minimum absolute atomic E-state index is 0.189. The molecule has 0 saturated carbocycles. The normalized spacial score (nSPS) is 10.9. The van der Waals surface area contributed by atoms with Crippen LogP contribution in [0.1, 0.15) is 42.7 Å². The van der Waals surface area contributed by atoms with Crippen LogP contribution in [0.3, 0.4) is 0 Å². The van der Waals surface area contributed by atoms with Gasteiger partial charge in [-0.1, -0.05) is 13.8 Å². The number of benzene rings is 1. The Morgan fingerprint density at radius 3 is 2.68 bits per heavy atom. The van der Waals surface area contributed by atoms with Crippen molar-refractivity contribution in [3.05, 3.63) is 35.5 Å². The molecule has 0 spiro atoms. The van der Waals surface area contributed by atoms with Gasteiger partial charge in [0.1, 0.15) is 5.75 Å². The van der Waals surface area contributed by atoms with Crippen LogP contribution in [-0.4, -0.2) is 22.7 Å². The van der Waals surface area contributed by atoms with Gasteiger partial charge in [-0.2, -0.15) is 0 Å². The van der Waals surface area contributed by atoms with Crippen molar-refractivity contribution in [1.29, 1.82) is 0 Å². The van der Waals surface area contributed by atoms with E-state index in [0.717, 1.165) is 5.69 Å². The van der Waals surface area contributed by atoms with E-state index < -0.39 is 5.97 Å². The first kappa shape index (κ1) is 13.3. The predicted molar refractivity (Wildman–Crippen MR) is 74.0 cm³/mol. The highest BCUT2D eigenvalue weighted by molar-refractivity contribution is 6.03. The molecule has 100 valence electrons. The molecule has 19 heavy (non-hydrogen) atoms. The van der Waals surface area contributed by atoms with E-state index in [1.165, 1.54) is 0 Å². The van der Waals surface area contributed by atoms with Crippen molar-refractivity contribution >= 4 is 16.9 Å². The molecule has 4 heteroatoms. The summed E-state index contributed by atoms with van der Waals surface area (Å²) in [5.41, 5.74) is 1.75. The molecular formula is C15H17NO3. The Morgan fingerprint density at radius 2 is 2.11 bits per heavy atom. The summed E-state index contributed by atoms with van der Waals surface area (Å²) in [5, 5.41) is 9.96. The smallest absolute Gasteiger partial charge is 0.336 e. The standard InChI is InChI=1S/C15H17NO3/c1-4-19-10-5-6-13-11(7-10)12(15(17)18)8-14(16-13)9(2)3/h5-9H,4H2,1-3H3,(H,17,18). The van der Waals surface area contributed by atoms with Gasteiger partial charge in [0.15, 0.2) is 0 Å². The Hall–Kier alpha value is -2.10. The maximum Gasteiger partial charge on any atom is 0.336 e. The second kappa shape index (κ2) is 5.26. The lowest BCUT2D eigenvalue weighted by atomic mass is 10.0. The molecule has 0 atom stereocenters. The molecular weight excluding hydrogens is 242 g/mol. The Bertz CT molecular complexity index is 620. The summed E-state index contributed by atoms with van der Waals surface area (Å²) in [6.07, 6.45) is 0. The quantitative estimate of drug-likeness (QED) is 0.913. The summed E-state index contributed by atoms with van der Waals surface area (Å²) < 4.78 is 5.41. The monoisotopic (exact) mass is 259 g/mol. The van der Waals surface area contributed by atoms with Crippen molar-refractivity contribution in [2.75, 3.05) is 6.61 Å². The molecule has 0 aliphatic rings. The molecule has 0 bridgehead atoms. The van der Waals surface area contributed by atoms with Crippen molar-refractivity contribution in [1.82, 2.24) is 4.98 Å². The highest BCUT2D eigenvalue weighted by atomic mass is 16.5. The minimum Gasteiger partial charge on any atom is -0.494 e. The second-order valence-electron chi connectivity index (χ2n) is 4.67. The van der Waals surface area contributed by atoms with E-state index >= 15 is 0 Å². The third kappa shape index (κ3) is 2.67. The van der Waals surface area contributed by atoms with E-state index in [4.69, 9.17) is 4.74 Å². The number of aromatic nitrogens is 1. The molecule has 1 aromatic heterocycles. The van der Waals surface area contributed by atoms with E-state index in [-0.39, 0.29) is 11.5 Å². The van der Waals surface area contributed by atoms with Gasteiger partial charge in [0.25, 0.3) is 0 Å². The van der Waals surface area contributed by atoms with Gasteiger partial charge < -0.3 is 9.84 Å². The van der Waals surface area contributed by atoms with E-state index in [1.54, 1.807) is 18.2 Å². The van der Waals surface area contributed by atoms with Gasteiger partial charge in [0.05, 0.1) is 17.7 Å². The van der Waals surface area contributed by atoms with Crippen LogP contribution in [0, 0.1) is 0 Å². The lowest BCUT2D eigenvalue weighted by molar-refractivity contribution is 0.0699. The molecule has 0 aliphatic heterocycles. The molecule has 0 fully saturated rings. The van der Waals surface area contributed by atoms with Crippen molar-refractivity contribution in [3.63, 3.8) is 0 Å². The van der Waals surface area contributed by atoms with Crippen molar-refractivity contribution in [2.24, 2.45) is 0 Å². The minimum atomic E-state index is -0.942. The number of ether oxygens (including phenoxy) is 1. The molecule has 0 radical (unpaired) electrons. The average molecular weight is 259 g/mol. The second-order valence-corrected chi connectivity index (χ2v) is 4.67. The van der Waals surface area contributed by atoms with E-state index in [2.05, 4.69) is 4.98 Å². The third-order valence-corrected chi connectivity index (χ3v) is 2.93. The van der Waals surface area contributed by atoms with E-state index in [1.807, 2.05) is 26.8 Å². The van der Waals surface area contributed by atoms with E-state index in [9.17, 15) is 9.90 Å². The number of hydrogen-bond acceptors (Lipinski definition) is 3. The van der Waals surface area contributed by atoms with Gasteiger partial charge in [-0.15, -0.1) is 0 Å². The fraction of sp³-hybridized carbons (Fsp3) is 0.333. The first-order valence-corrected chi connectivity index (χ1v) is 6.33. The maximum absolute atomic E-state index is 11.4. The molecule has 0 unspecified atom stereocenters. The molecule has 1 aromatic carbocycles. The number of carboxylic acid groups (broad SMARTS) is 1. The van der Waals surface area contributed by atoms with Gasteiger partial charge in [0.2, 0.25) is 0 Å². The lowest BCUT2D eigenvalue weighted by Gasteiger charge is -2.10. The first-order chi connectivity index (χ1) is 9.02. The van der Waals surface area contributed by atoms with Crippen LogP contribution in [-0.2, 0) is 0 Å². The first-order valence-electron chi connectivity index (χ1n) is 6.33. The lowest BCUT2D eigenvalue weighted by Crippen LogP contribution is -2.03.